The molecule has 1 saturated heterocycles. The molecule has 2 aromatic heterocycles. The Bertz CT molecular complexity index is 2860. The Labute approximate surface area is 493 Å². The minimum atomic E-state index is -0.679. The number of ether oxygens (including phenoxy) is 7. The molecule has 1 saturated carbocycles. The molecule has 2 fully saturated rings. The number of rotatable bonds is 35. The van der Waals surface area contributed by atoms with Crippen molar-refractivity contribution in [2.45, 2.75) is 84.5 Å². The SMILES string of the molecule is Cc1ncsc1-c1ccc(CNC(=O)[C@@H]2CCCN2C(=O)C(C(C)C)N2Cc3ccccc3C2=O)c(OCCOCCOCCOCCOCCOCCOc2ccc(Nc3ncc(Br)c(NCCCN(C)C(=O)C4CCC4)n3)cc2)c1. The summed E-state index contributed by atoms with van der Waals surface area (Å²) in [5.74, 6) is 2.21. The number of hydrogen-bond donors (Lipinski definition) is 3. The standard InChI is InChI=1S/C60H78BrN9O11S/c1-41(2)53(70-39-46-10-5-6-13-49(46)58(70)73)59(74)69-23-8-14-51(69)56(71)63-37-45-16-15-44(54-42(3)65-40-82-54)36-52(45)81-35-33-79-31-29-77-27-25-75-24-26-76-28-30-78-32-34-80-48-19-17-47(18-20-48)66-60-64-38-50(61)55(67-60)62-21-9-22-68(4)57(72)43-11-7-12-43/h5-6,10,13,15-20,36,38,40-41,43,51,53H,7-9,11-12,14,21-35,37,39H2,1-4H3,(H,63,71)(H2,62,64,66,67)/t51-,53?/m0/s1. The Morgan fingerprint density at radius 1 is 0.817 bits per heavy atom. The van der Waals surface area contributed by atoms with Crippen molar-refractivity contribution < 1.29 is 52.3 Å². The molecular weight excluding hydrogens is 1130 g/mol. The Morgan fingerprint density at radius 2 is 1.49 bits per heavy atom. The fraction of sp³-hybridized carbons (Fsp3) is 0.517. The molecule has 82 heavy (non-hydrogen) atoms. The van der Waals surface area contributed by atoms with Crippen molar-refractivity contribution in [3.05, 3.63) is 105 Å². The number of aromatic nitrogens is 3. The Hall–Kier alpha value is -6.27. The van der Waals surface area contributed by atoms with Crippen molar-refractivity contribution in [2.75, 3.05) is 117 Å². The number of nitrogens with one attached hydrogen (secondary N) is 3. The van der Waals surface area contributed by atoms with E-state index in [1.54, 1.807) is 33.4 Å². The van der Waals surface area contributed by atoms with Gasteiger partial charge in [0, 0.05) is 68.7 Å². The van der Waals surface area contributed by atoms with Gasteiger partial charge in [-0.25, -0.2) is 9.97 Å². The topological polar surface area (TPSA) is 217 Å². The first-order valence-electron chi connectivity index (χ1n) is 28.5. The molecule has 5 aromatic rings. The Morgan fingerprint density at radius 3 is 2.12 bits per heavy atom. The number of nitrogens with zero attached hydrogens (tertiary/aromatic N) is 6. The third kappa shape index (κ3) is 17.6. The van der Waals surface area contributed by atoms with Gasteiger partial charge in [0.05, 0.1) is 86.6 Å². The number of anilines is 3. The van der Waals surface area contributed by atoms with Gasteiger partial charge in [-0.2, -0.15) is 4.98 Å². The Balaban J connectivity index is 0.640. The van der Waals surface area contributed by atoms with E-state index >= 15 is 0 Å². The smallest absolute Gasteiger partial charge is 0.255 e. The second kappa shape index (κ2) is 32.0. The molecule has 1 unspecified atom stereocenters. The van der Waals surface area contributed by atoms with Crippen molar-refractivity contribution in [1.29, 1.82) is 0 Å². The first-order chi connectivity index (χ1) is 39.9. The maximum Gasteiger partial charge on any atom is 0.255 e. The lowest BCUT2D eigenvalue weighted by atomic mass is 9.84. The highest BCUT2D eigenvalue weighted by atomic mass is 79.9. The number of hydrogen-bond acceptors (Lipinski definition) is 17. The summed E-state index contributed by atoms with van der Waals surface area (Å²) in [6, 6.07) is 19.6. The Kier molecular flexibility index (Phi) is 24.1. The molecule has 4 amide bonds. The molecule has 3 N–H and O–H groups in total. The molecule has 22 heteroatoms. The molecule has 0 bridgehead atoms. The zero-order chi connectivity index (χ0) is 57.6. The minimum absolute atomic E-state index is 0.142. The van der Waals surface area contributed by atoms with Crippen LogP contribution in [0.25, 0.3) is 10.4 Å². The zero-order valence-electron chi connectivity index (χ0n) is 47.5. The van der Waals surface area contributed by atoms with Crippen LogP contribution >= 0.6 is 27.3 Å². The van der Waals surface area contributed by atoms with Crippen molar-refractivity contribution in [3.63, 3.8) is 0 Å². The van der Waals surface area contributed by atoms with E-state index in [9.17, 15) is 19.2 Å². The molecule has 442 valence electrons. The molecule has 3 aliphatic rings. The lowest BCUT2D eigenvalue weighted by Gasteiger charge is -2.35. The van der Waals surface area contributed by atoms with Crippen molar-refractivity contribution in [1.82, 2.24) is 35.0 Å². The molecule has 2 aliphatic heterocycles. The van der Waals surface area contributed by atoms with Gasteiger partial charge >= 0.3 is 0 Å². The first-order valence-corrected chi connectivity index (χ1v) is 30.2. The van der Waals surface area contributed by atoms with Crippen LogP contribution in [0.1, 0.15) is 79.6 Å². The van der Waals surface area contributed by atoms with Gasteiger partial charge in [-0.05, 0) is 108 Å². The second-order valence-corrected chi connectivity index (χ2v) is 22.5. The van der Waals surface area contributed by atoms with E-state index in [2.05, 4.69) is 46.8 Å². The third-order valence-corrected chi connectivity index (χ3v) is 16.1. The van der Waals surface area contributed by atoms with Gasteiger partial charge in [-0.1, -0.05) is 50.6 Å². The first kappa shape index (κ1) is 61.8. The third-order valence-electron chi connectivity index (χ3n) is 14.6. The average molecular weight is 1210 g/mol. The van der Waals surface area contributed by atoms with Crippen LogP contribution in [0.4, 0.5) is 17.5 Å². The lowest BCUT2D eigenvalue weighted by molar-refractivity contribution is -0.143. The number of carbonyl (C=O) groups is 4. The number of carbonyl (C=O) groups excluding carboxylic acids is 4. The van der Waals surface area contributed by atoms with E-state index in [1.807, 2.05) is 98.9 Å². The monoisotopic (exact) mass is 1210 g/mol. The minimum Gasteiger partial charge on any atom is -0.491 e. The summed E-state index contributed by atoms with van der Waals surface area (Å²) >= 11 is 5.07. The summed E-state index contributed by atoms with van der Waals surface area (Å²) in [4.78, 5) is 73.5. The quantitative estimate of drug-likeness (QED) is 0.0325. The van der Waals surface area contributed by atoms with E-state index in [0.29, 0.717) is 141 Å². The van der Waals surface area contributed by atoms with Gasteiger partial charge < -0.3 is 63.8 Å². The van der Waals surface area contributed by atoms with Crippen molar-refractivity contribution in [2.24, 2.45) is 11.8 Å². The van der Waals surface area contributed by atoms with E-state index < -0.39 is 12.1 Å². The summed E-state index contributed by atoms with van der Waals surface area (Å²) in [6.45, 7) is 13.0. The van der Waals surface area contributed by atoms with E-state index in [-0.39, 0.29) is 48.6 Å². The summed E-state index contributed by atoms with van der Waals surface area (Å²) in [5.41, 5.74) is 6.84. The van der Waals surface area contributed by atoms with Gasteiger partial charge in [-0.15, -0.1) is 11.3 Å². The molecule has 0 spiro atoms. The highest BCUT2D eigenvalue weighted by Gasteiger charge is 2.44. The van der Waals surface area contributed by atoms with Crippen LogP contribution in [0.3, 0.4) is 0 Å². The van der Waals surface area contributed by atoms with Crippen LogP contribution in [0.2, 0.25) is 0 Å². The number of thiazole rings is 1. The highest BCUT2D eigenvalue weighted by Crippen LogP contribution is 2.34. The molecule has 1 aliphatic carbocycles. The predicted molar refractivity (Wildman–Crippen MR) is 316 cm³/mol. The molecule has 0 radical (unpaired) electrons. The molecule has 4 heterocycles. The average Bonchev–Trinajstić information content (AvgIpc) is 4.26. The van der Waals surface area contributed by atoms with Crippen LogP contribution in [0.5, 0.6) is 11.5 Å². The van der Waals surface area contributed by atoms with Gasteiger partial charge in [0.25, 0.3) is 5.91 Å². The summed E-state index contributed by atoms with van der Waals surface area (Å²) in [7, 11) is 1.88. The van der Waals surface area contributed by atoms with Crippen LogP contribution in [0, 0.1) is 18.8 Å². The summed E-state index contributed by atoms with van der Waals surface area (Å²) < 4.78 is 41.3. The van der Waals surface area contributed by atoms with Gasteiger partial charge in [-0.3, -0.25) is 19.2 Å². The molecule has 3 aromatic carbocycles. The predicted octanol–water partition coefficient (Wildman–Crippen LogP) is 8.30. The fourth-order valence-corrected chi connectivity index (χ4v) is 11.1. The molecule has 8 rings (SSSR count). The maximum absolute atomic E-state index is 14.2. The van der Waals surface area contributed by atoms with Gasteiger partial charge in [0.15, 0.2) is 0 Å². The van der Waals surface area contributed by atoms with Crippen LogP contribution < -0.4 is 25.4 Å². The van der Waals surface area contributed by atoms with Crippen LogP contribution in [0.15, 0.2) is 82.9 Å². The number of benzene rings is 3. The second-order valence-electron chi connectivity index (χ2n) is 20.7. The van der Waals surface area contributed by atoms with Crippen molar-refractivity contribution in [3.8, 4) is 21.9 Å². The normalized spacial score (nSPS) is 15.3. The van der Waals surface area contributed by atoms with Gasteiger partial charge in [0.1, 0.15) is 42.6 Å². The molecule has 2 atom stereocenters. The van der Waals surface area contributed by atoms with E-state index in [4.69, 9.17) is 33.2 Å². The summed E-state index contributed by atoms with van der Waals surface area (Å²) in [5, 5.41) is 9.66. The lowest BCUT2D eigenvalue weighted by Crippen LogP contribution is -2.55. The van der Waals surface area contributed by atoms with Crippen LogP contribution in [-0.2, 0) is 51.2 Å². The number of likely N-dealkylation sites (tertiary alicyclic amines) is 1. The highest BCUT2D eigenvalue weighted by molar-refractivity contribution is 9.10. The largest absolute Gasteiger partial charge is 0.491 e. The zero-order valence-corrected chi connectivity index (χ0v) is 49.9. The van der Waals surface area contributed by atoms with Crippen LogP contribution in [-0.4, -0.2) is 171 Å². The molecule has 20 nitrogen and oxygen atoms in total. The van der Waals surface area contributed by atoms with Crippen molar-refractivity contribution >= 4 is 68.3 Å². The van der Waals surface area contributed by atoms with E-state index in [1.165, 1.54) is 0 Å². The number of fused-ring (bicyclic) bond motifs is 1. The van der Waals surface area contributed by atoms with Gasteiger partial charge in [0.2, 0.25) is 23.7 Å². The summed E-state index contributed by atoms with van der Waals surface area (Å²) in [6.07, 6.45) is 6.93. The maximum atomic E-state index is 14.2. The number of halogens is 1. The van der Waals surface area contributed by atoms with E-state index in [0.717, 1.165) is 63.1 Å². The number of aryl methyl sites for hydroxylation is 1. The molecular formula is C60H78BrN9O11S. The number of amides is 4. The fourth-order valence-electron chi connectivity index (χ4n) is 9.93.